The third kappa shape index (κ3) is 4.37. The molecule has 2 rings (SSSR count). The van der Waals surface area contributed by atoms with Gasteiger partial charge >= 0.3 is 0 Å². The zero-order valence-corrected chi connectivity index (χ0v) is 12.3. The molecule has 1 aromatic rings. The minimum absolute atomic E-state index is 0.0982. The van der Waals surface area contributed by atoms with E-state index in [0.29, 0.717) is 5.92 Å². The molecule has 20 heavy (non-hydrogen) atoms. The van der Waals surface area contributed by atoms with Crippen molar-refractivity contribution in [1.29, 1.82) is 0 Å². The molecule has 0 radical (unpaired) electrons. The summed E-state index contributed by atoms with van der Waals surface area (Å²) in [6, 6.07) is 7.93. The van der Waals surface area contributed by atoms with Crippen molar-refractivity contribution >= 4 is 17.3 Å². The van der Waals surface area contributed by atoms with Crippen LogP contribution in [0.15, 0.2) is 29.4 Å². The Morgan fingerprint density at radius 2 is 2.20 bits per heavy atom. The van der Waals surface area contributed by atoms with Crippen LogP contribution >= 0.6 is 0 Å². The van der Waals surface area contributed by atoms with Gasteiger partial charge in [0.1, 0.15) is 0 Å². The summed E-state index contributed by atoms with van der Waals surface area (Å²) >= 11 is 0. The lowest BCUT2D eigenvalue weighted by atomic mass is 9.89. The Kier molecular flexibility index (Phi) is 5.16. The highest BCUT2D eigenvalue weighted by Gasteiger charge is 2.14. The fraction of sp³-hybridized carbons (Fsp3) is 0.500. The lowest BCUT2D eigenvalue weighted by Gasteiger charge is -2.19. The van der Waals surface area contributed by atoms with E-state index in [4.69, 9.17) is 0 Å². The van der Waals surface area contributed by atoms with Gasteiger partial charge in [0, 0.05) is 11.4 Å². The number of hydrogen-bond donors (Lipinski definition) is 2. The lowest BCUT2D eigenvalue weighted by Crippen LogP contribution is -2.28. The summed E-state index contributed by atoms with van der Waals surface area (Å²) in [6.07, 6.45) is 4.46. The van der Waals surface area contributed by atoms with E-state index < -0.39 is 0 Å². The molecule has 1 unspecified atom stereocenters. The SMILES string of the molecule is Cc1ccccc1NCC(=O)N/N=C1\CCCC(C)C1. The summed E-state index contributed by atoms with van der Waals surface area (Å²) in [5.41, 5.74) is 5.89. The van der Waals surface area contributed by atoms with E-state index >= 15 is 0 Å². The first-order chi connectivity index (χ1) is 9.65. The van der Waals surface area contributed by atoms with Crippen molar-refractivity contribution < 1.29 is 4.79 Å². The summed E-state index contributed by atoms with van der Waals surface area (Å²) in [7, 11) is 0. The van der Waals surface area contributed by atoms with Crippen molar-refractivity contribution in [2.75, 3.05) is 11.9 Å². The number of nitrogens with zero attached hydrogens (tertiary/aromatic N) is 1. The largest absolute Gasteiger partial charge is 0.376 e. The van der Waals surface area contributed by atoms with Gasteiger partial charge in [-0.2, -0.15) is 5.10 Å². The molecule has 0 aromatic heterocycles. The molecule has 0 bridgehead atoms. The van der Waals surface area contributed by atoms with Crippen molar-refractivity contribution in [3.8, 4) is 0 Å². The quantitative estimate of drug-likeness (QED) is 0.828. The van der Waals surface area contributed by atoms with Crippen LogP contribution in [-0.4, -0.2) is 18.2 Å². The van der Waals surface area contributed by atoms with Crippen LogP contribution in [0.5, 0.6) is 0 Å². The van der Waals surface area contributed by atoms with Crippen LogP contribution in [0, 0.1) is 12.8 Å². The van der Waals surface area contributed by atoms with E-state index in [1.165, 1.54) is 12.8 Å². The Morgan fingerprint density at radius 3 is 2.95 bits per heavy atom. The Morgan fingerprint density at radius 1 is 1.40 bits per heavy atom. The van der Waals surface area contributed by atoms with Gasteiger partial charge in [-0.3, -0.25) is 4.79 Å². The number of hydrazone groups is 1. The first-order valence-electron chi connectivity index (χ1n) is 7.29. The van der Waals surface area contributed by atoms with Gasteiger partial charge in [0.05, 0.1) is 6.54 Å². The van der Waals surface area contributed by atoms with Gasteiger partial charge in [-0.25, -0.2) is 5.43 Å². The summed E-state index contributed by atoms with van der Waals surface area (Å²) < 4.78 is 0. The molecule has 1 saturated carbocycles. The number of carbonyl (C=O) groups is 1. The average Bonchev–Trinajstić information content (AvgIpc) is 2.44. The second-order valence-electron chi connectivity index (χ2n) is 5.58. The maximum Gasteiger partial charge on any atom is 0.259 e. The topological polar surface area (TPSA) is 53.5 Å². The molecule has 4 heteroatoms. The maximum atomic E-state index is 11.8. The summed E-state index contributed by atoms with van der Waals surface area (Å²) in [4.78, 5) is 11.8. The number of aryl methyl sites for hydroxylation is 1. The van der Waals surface area contributed by atoms with Crippen LogP contribution in [0.2, 0.25) is 0 Å². The van der Waals surface area contributed by atoms with Crippen LogP contribution in [-0.2, 0) is 4.79 Å². The monoisotopic (exact) mass is 273 g/mol. The summed E-state index contributed by atoms with van der Waals surface area (Å²) in [5, 5.41) is 7.37. The van der Waals surface area contributed by atoms with E-state index in [1.54, 1.807) is 0 Å². The average molecular weight is 273 g/mol. The first-order valence-corrected chi connectivity index (χ1v) is 7.29. The van der Waals surface area contributed by atoms with Gasteiger partial charge in [0.2, 0.25) is 0 Å². The molecule has 1 aliphatic carbocycles. The van der Waals surface area contributed by atoms with Crippen molar-refractivity contribution in [2.24, 2.45) is 11.0 Å². The van der Waals surface area contributed by atoms with E-state index in [2.05, 4.69) is 22.8 Å². The first kappa shape index (κ1) is 14.6. The number of hydrogen-bond acceptors (Lipinski definition) is 3. The molecule has 0 spiro atoms. The van der Waals surface area contributed by atoms with Gasteiger partial charge in [0.15, 0.2) is 0 Å². The third-order valence-corrected chi connectivity index (χ3v) is 3.67. The summed E-state index contributed by atoms with van der Waals surface area (Å²) in [6.45, 7) is 4.50. The molecule has 1 aromatic carbocycles. The molecule has 1 atom stereocenters. The van der Waals surface area contributed by atoms with Gasteiger partial charge in [-0.05, 0) is 50.2 Å². The number of amides is 1. The molecular formula is C16H23N3O. The molecule has 1 aliphatic rings. The van der Waals surface area contributed by atoms with Crippen molar-refractivity contribution in [1.82, 2.24) is 5.43 Å². The summed E-state index contributed by atoms with van der Waals surface area (Å²) in [5.74, 6) is 0.587. The van der Waals surface area contributed by atoms with Gasteiger partial charge in [-0.15, -0.1) is 0 Å². The highest BCUT2D eigenvalue weighted by molar-refractivity contribution is 5.88. The van der Waals surface area contributed by atoms with E-state index in [0.717, 1.165) is 29.8 Å². The molecule has 4 nitrogen and oxygen atoms in total. The van der Waals surface area contributed by atoms with Crippen LogP contribution in [0.4, 0.5) is 5.69 Å². The standard InChI is InChI=1S/C16H23N3O/c1-12-6-5-8-14(10-12)18-19-16(20)11-17-15-9-4-3-7-13(15)2/h3-4,7,9,12,17H,5-6,8,10-11H2,1-2H3,(H,19,20)/b18-14+. The predicted molar refractivity (Wildman–Crippen MR) is 82.9 cm³/mol. The Balaban J connectivity index is 1.78. The molecule has 2 N–H and O–H groups in total. The molecule has 0 heterocycles. The van der Waals surface area contributed by atoms with Crippen molar-refractivity contribution in [3.63, 3.8) is 0 Å². The number of para-hydroxylation sites is 1. The fourth-order valence-corrected chi connectivity index (χ4v) is 2.49. The zero-order valence-electron chi connectivity index (χ0n) is 12.3. The zero-order chi connectivity index (χ0) is 14.4. The molecule has 108 valence electrons. The molecule has 0 aliphatic heterocycles. The smallest absolute Gasteiger partial charge is 0.259 e. The predicted octanol–water partition coefficient (Wildman–Crippen LogP) is 3.09. The van der Waals surface area contributed by atoms with E-state index in [-0.39, 0.29) is 12.5 Å². The molecule has 0 saturated heterocycles. The van der Waals surface area contributed by atoms with Crippen molar-refractivity contribution in [3.05, 3.63) is 29.8 Å². The highest BCUT2D eigenvalue weighted by Crippen LogP contribution is 2.20. The third-order valence-electron chi connectivity index (χ3n) is 3.67. The van der Waals surface area contributed by atoms with E-state index in [9.17, 15) is 4.79 Å². The molecule has 1 fully saturated rings. The van der Waals surface area contributed by atoms with Gasteiger partial charge in [0.25, 0.3) is 5.91 Å². The Bertz CT molecular complexity index is 496. The number of anilines is 1. The van der Waals surface area contributed by atoms with Gasteiger partial charge < -0.3 is 5.32 Å². The van der Waals surface area contributed by atoms with Crippen LogP contribution < -0.4 is 10.7 Å². The lowest BCUT2D eigenvalue weighted by molar-refractivity contribution is -0.119. The Labute approximate surface area is 120 Å². The van der Waals surface area contributed by atoms with E-state index in [1.807, 2.05) is 31.2 Å². The number of nitrogens with one attached hydrogen (secondary N) is 2. The highest BCUT2D eigenvalue weighted by atomic mass is 16.2. The second kappa shape index (κ2) is 7.08. The minimum Gasteiger partial charge on any atom is -0.376 e. The van der Waals surface area contributed by atoms with Gasteiger partial charge in [-0.1, -0.05) is 25.1 Å². The number of benzene rings is 1. The van der Waals surface area contributed by atoms with Crippen molar-refractivity contribution in [2.45, 2.75) is 39.5 Å². The fourth-order valence-electron chi connectivity index (χ4n) is 2.49. The van der Waals surface area contributed by atoms with Crippen LogP contribution in [0.25, 0.3) is 0 Å². The molecule has 1 amide bonds. The Hall–Kier alpha value is -1.84. The second-order valence-corrected chi connectivity index (χ2v) is 5.58. The number of carbonyl (C=O) groups excluding carboxylic acids is 1. The molecular weight excluding hydrogens is 250 g/mol. The van der Waals surface area contributed by atoms with Crippen LogP contribution in [0.1, 0.15) is 38.2 Å². The normalized spacial score (nSPS) is 20.7. The van der Waals surface area contributed by atoms with Crippen LogP contribution in [0.3, 0.4) is 0 Å². The minimum atomic E-state index is -0.0982. The maximum absolute atomic E-state index is 11.8. The number of rotatable bonds is 4.